The Kier molecular flexibility index (Phi) is 5.19. The lowest BCUT2D eigenvalue weighted by molar-refractivity contribution is 0.359. The Bertz CT molecular complexity index is 1550. The quantitative estimate of drug-likeness (QED) is 0.364. The minimum atomic E-state index is -0.252. The van der Waals surface area contributed by atoms with Gasteiger partial charge in [0, 0.05) is 29.4 Å². The maximum atomic E-state index is 13.3. The van der Waals surface area contributed by atoms with Gasteiger partial charge in [-0.2, -0.15) is 0 Å². The van der Waals surface area contributed by atoms with Gasteiger partial charge in [-0.3, -0.25) is 9.36 Å². The molecular formula is C27H22N4O2S. The predicted molar refractivity (Wildman–Crippen MR) is 135 cm³/mol. The van der Waals surface area contributed by atoms with Crippen LogP contribution in [0, 0.1) is 0 Å². The summed E-state index contributed by atoms with van der Waals surface area (Å²) in [5.74, 6) is 1.43. The number of thioether (sulfide) groups is 1. The lowest BCUT2D eigenvalue weighted by Crippen LogP contribution is -2.29. The molecule has 0 saturated carbocycles. The van der Waals surface area contributed by atoms with E-state index in [9.17, 15) is 4.79 Å². The third-order valence-electron chi connectivity index (χ3n) is 6.26. The molecule has 0 fully saturated rings. The lowest BCUT2D eigenvalue weighted by atomic mass is 9.98. The molecule has 6 nitrogen and oxygen atoms in total. The van der Waals surface area contributed by atoms with Crippen LogP contribution in [0.3, 0.4) is 0 Å². The predicted octanol–water partition coefficient (Wildman–Crippen LogP) is 5.01. The molecule has 0 bridgehead atoms. The molecule has 1 unspecified atom stereocenters. The Morgan fingerprint density at radius 2 is 1.79 bits per heavy atom. The third-order valence-corrected chi connectivity index (χ3v) is 7.38. The van der Waals surface area contributed by atoms with Gasteiger partial charge in [0.15, 0.2) is 5.75 Å². The Hall–Kier alpha value is -3.84. The monoisotopic (exact) mass is 466 g/mol. The fourth-order valence-electron chi connectivity index (χ4n) is 4.64. The fraction of sp³-hybridized carbons (Fsp3) is 0.148. The summed E-state index contributed by atoms with van der Waals surface area (Å²) >= 11 is 1.62. The zero-order valence-electron chi connectivity index (χ0n) is 18.6. The van der Waals surface area contributed by atoms with Crippen molar-refractivity contribution in [2.45, 2.75) is 17.6 Å². The van der Waals surface area contributed by atoms with Gasteiger partial charge in [0.05, 0.1) is 13.3 Å². The number of aromatic nitrogens is 4. The second-order valence-electron chi connectivity index (χ2n) is 8.27. The van der Waals surface area contributed by atoms with E-state index in [4.69, 9.17) is 4.74 Å². The minimum absolute atomic E-state index is 0.0576. The Morgan fingerprint density at radius 3 is 2.65 bits per heavy atom. The normalized spacial score (nSPS) is 14.9. The molecule has 1 aliphatic rings. The van der Waals surface area contributed by atoms with E-state index < -0.39 is 0 Å². The Morgan fingerprint density at radius 1 is 1.00 bits per heavy atom. The van der Waals surface area contributed by atoms with E-state index in [1.807, 2.05) is 48.7 Å². The number of ether oxygens (including phenoxy) is 1. The van der Waals surface area contributed by atoms with Crippen molar-refractivity contribution >= 4 is 22.5 Å². The number of hydrogen-bond acceptors (Lipinski definition) is 5. The molecule has 5 aromatic rings. The van der Waals surface area contributed by atoms with Crippen molar-refractivity contribution in [3.8, 4) is 17.0 Å². The van der Waals surface area contributed by atoms with Gasteiger partial charge in [-0.15, -0.1) is 16.9 Å². The molecule has 1 aliphatic heterocycles. The average Bonchev–Trinajstić information content (AvgIpc) is 3.53. The summed E-state index contributed by atoms with van der Waals surface area (Å²) < 4.78 is 9.41. The molecule has 6 rings (SSSR count). The van der Waals surface area contributed by atoms with Crippen molar-refractivity contribution in [3.63, 3.8) is 0 Å². The molecule has 0 spiro atoms. The third kappa shape index (κ3) is 3.49. The second kappa shape index (κ2) is 8.50. The van der Waals surface area contributed by atoms with Crippen LogP contribution in [-0.4, -0.2) is 32.4 Å². The smallest absolute Gasteiger partial charge is 0.253 e. The number of hydrogen-bond donors (Lipinski definition) is 0. The molecule has 0 radical (unpaired) electrons. The standard InChI is InChI=1S/C27H22N4O2S/c1-33-26-21(14-20-12-7-11-18-8-5-6-13-22(18)20)15-25(32)31-24(17-34-27(26)31)30-16-23(28-29-30)19-9-3-2-4-10-19/h2-13,15-16,24H,14,17H2,1H3. The first kappa shape index (κ1) is 20.7. The van der Waals surface area contributed by atoms with Gasteiger partial charge in [-0.05, 0) is 16.3 Å². The van der Waals surface area contributed by atoms with Gasteiger partial charge in [-0.1, -0.05) is 78.0 Å². The lowest BCUT2D eigenvalue weighted by Gasteiger charge is -2.17. The van der Waals surface area contributed by atoms with Gasteiger partial charge < -0.3 is 4.74 Å². The SMILES string of the molecule is COc1c(Cc2cccc3ccccc23)cc(=O)n2c1SCC2n1cc(-c2ccccc2)nn1. The number of methoxy groups -OCH3 is 1. The molecule has 0 N–H and O–H groups in total. The molecule has 0 amide bonds. The van der Waals surface area contributed by atoms with E-state index >= 15 is 0 Å². The van der Waals surface area contributed by atoms with Crippen LogP contribution >= 0.6 is 11.8 Å². The van der Waals surface area contributed by atoms with E-state index in [0.717, 1.165) is 27.6 Å². The summed E-state index contributed by atoms with van der Waals surface area (Å²) in [4.78, 5) is 13.3. The Balaban J connectivity index is 1.39. The van der Waals surface area contributed by atoms with Crippen LogP contribution in [0.2, 0.25) is 0 Å². The average molecular weight is 467 g/mol. The first-order valence-corrected chi connectivity index (χ1v) is 12.1. The van der Waals surface area contributed by atoms with Crippen LogP contribution in [0.15, 0.2) is 94.9 Å². The van der Waals surface area contributed by atoms with Gasteiger partial charge in [-0.25, -0.2) is 4.68 Å². The van der Waals surface area contributed by atoms with Crippen molar-refractivity contribution < 1.29 is 4.74 Å². The molecule has 3 heterocycles. The maximum absolute atomic E-state index is 13.3. The largest absolute Gasteiger partial charge is 0.494 e. The minimum Gasteiger partial charge on any atom is -0.494 e. The number of rotatable bonds is 5. The van der Waals surface area contributed by atoms with Crippen LogP contribution in [0.1, 0.15) is 17.3 Å². The van der Waals surface area contributed by atoms with Crippen molar-refractivity contribution in [2.75, 3.05) is 12.9 Å². The topological polar surface area (TPSA) is 61.9 Å². The molecule has 0 saturated heterocycles. The molecule has 3 aromatic carbocycles. The van der Waals surface area contributed by atoms with Gasteiger partial charge in [0.1, 0.15) is 16.9 Å². The summed E-state index contributed by atoms with van der Waals surface area (Å²) in [6.45, 7) is 0. The van der Waals surface area contributed by atoms with Crippen LogP contribution in [0.4, 0.5) is 0 Å². The molecule has 0 aliphatic carbocycles. The molecular weight excluding hydrogens is 444 g/mol. The molecule has 34 heavy (non-hydrogen) atoms. The van der Waals surface area contributed by atoms with Gasteiger partial charge in [0.25, 0.3) is 5.56 Å². The van der Waals surface area contributed by atoms with E-state index in [-0.39, 0.29) is 11.7 Å². The molecule has 168 valence electrons. The number of pyridine rings is 1. The van der Waals surface area contributed by atoms with Crippen LogP contribution in [0.25, 0.3) is 22.0 Å². The zero-order valence-corrected chi connectivity index (χ0v) is 19.4. The van der Waals surface area contributed by atoms with Crippen molar-refractivity contribution in [1.82, 2.24) is 19.6 Å². The van der Waals surface area contributed by atoms with Crippen molar-refractivity contribution in [3.05, 3.63) is 107 Å². The van der Waals surface area contributed by atoms with E-state index in [0.29, 0.717) is 12.2 Å². The summed E-state index contributed by atoms with van der Waals surface area (Å²) in [6.07, 6.45) is 2.27. The second-order valence-corrected chi connectivity index (χ2v) is 9.28. The number of benzene rings is 3. The van der Waals surface area contributed by atoms with Crippen molar-refractivity contribution in [1.29, 1.82) is 0 Å². The summed E-state index contributed by atoms with van der Waals surface area (Å²) in [7, 11) is 1.67. The summed E-state index contributed by atoms with van der Waals surface area (Å²) in [6, 6.07) is 26.2. The van der Waals surface area contributed by atoms with E-state index in [1.54, 1.807) is 34.2 Å². The highest BCUT2D eigenvalue weighted by molar-refractivity contribution is 7.99. The molecule has 2 aromatic heterocycles. The zero-order chi connectivity index (χ0) is 23.1. The first-order chi connectivity index (χ1) is 16.7. The number of fused-ring (bicyclic) bond motifs is 2. The summed E-state index contributed by atoms with van der Waals surface area (Å²) in [5, 5.41) is 11.9. The molecule has 7 heteroatoms. The van der Waals surface area contributed by atoms with E-state index in [1.165, 1.54) is 16.3 Å². The first-order valence-electron chi connectivity index (χ1n) is 11.1. The molecule has 1 atom stereocenters. The van der Waals surface area contributed by atoms with Crippen molar-refractivity contribution in [2.24, 2.45) is 0 Å². The van der Waals surface area contributed by atoms with Crippen LogP contribution in [-0.2, 0) is 6.42 Å². The van der Waals surface area contributed by atoms with Crippen LogP contribution in [0.5, 0.6) is 5.75 Å². The highest BCUT2D eigenvalue weighted by Gasteiger charge is 2.31. The van der Waals surface area contributed by atoms with Crippen LogP contribution < -0.4 is 10.3 Å². The maximum Gasteiger partial charge on any atom is 0.253 e. The highest BCUT2D eigenvalue weighted by atomic mass is 32.2. The Labute approximate surface area is 200 Å². The number of nitrogens with zero attached hydrogens (tertiary/aromatic N) is 4. The van der Waals surface area contributed by atoms with Gasteiger partial charge >= 0.3 is 0 Å². The highest BCUT2D eigenvalue weighted by Crippen LogP contribution is 2.41. The fourth-order valence-corrected chi connectivity index (χ4v) is 5.94. The van der Waals surface area contributed by atoms with Gasteiger partial charge in [0.2, 0.25) is 0 Å². The van der Waals surface area contributed by atoms with E-state index in [2.05, 4.69) is 40.6 Å². The summed E-state index contributed by atoms with van der Waals surface area (Å²) in [5.41, 5.74) is 3.79.